The monoisotopic (exact) mass is 828 g/mol. The molecule has 14 rings (SSSR count). The zero-order valence-electron chi connectivity index (χ0n) is 35.9. The Morgan fingerprint density at radius 3 is 1.88 bits per heavy atom. The highest BCUT2D eigenvalue weighted by molar-refractivity contribution is 6.19. The van der Waals surface area contributed by atoms with E-state index < -0.39 is 0 Å². The van der Waals surface area contributed by atoms with Crippen LogP contribution in [0.15, 0.2) is 206 Å². The smallest absolute Gasteiger partial charge is 0.160 e. The summed E-state index contributed by atoms with van der Waals surface area (Å²) in [4.78, 5) is 10.7. The van der Waals surface area contributed by atoms with Gasteiger partial charge in [0.2, 0.25) is 0 Å². The van der Waals surface area contributed by atoms with E-state index in [0.717, 1.165) is 50.4 Å². The molecule has 0 fully saturated rings. The van der Waals surface area contributed by atoms with E-state index in [-0.39, 0.29) is 5.41 Å². The normalized spacial score (nSPS) is 13.2. The fourth-order valence-corrected chi connectivity index (χ4v) is 11.3. The molecule has 13 aromatic rings. The van der Waals surface area contributed by atoms with Gasteiger partial charge < -0.3 is 9.13 Å². The molecule has 3 aromatic heterocycles. The average Bonchev–Trinajstić information content (AvgIpc) is 3.95. The van der Waals surface area contributed by atoms with Crippen LogP contribution in [0.5, 0.6) is 0 Å². The van der Waals surface area contributed by atoms with Gasteiger partial charge in [-0.15, -0.1) is 0 Å². The number of hydrogen-bond donors (Lipinski definition) is 0. The van der Waals surface area contributed by atoms with Gasteiger partial charge in [-0.2, -0.15) is 0 Å². The van der Waals surface area contributed by atoms with Gasteiger partial charge in [0.15, 0.2) is 5.82 Å². The molecule has 0 saturated heterocycles. The standard InChI is InChI=1S/C61H40N4/c1-61(2)52-23-10-7-18-44(52)47-21-13-22-50(57(47)61)60-62-53-24-11-8-20-49(53)58(63-60)38-26-29-41(30-27-38)64-55-35-40-16-4-3-15-39(40)34-51(55)46-33-31-42(36-56(46)64)65-54-25-12-9-19-45(54)48-32-28-37-14-5-6-17-43(37)59(48)65/h3-36H,1-2H3. The van der Waals surface area contributed by atoms with Crippen molar-refractivity contribution in [3.63, 3.8) is 0 Å². The molecular formula is C61H40N4. The topological polar surface area (TPSA) is 35.6 Å². The number of hydrogen-bond acceptors (Lipinski definition) is 2. The van der Waals surface area contributed by atoms with Crippen molar-refractivity contribution < 1.29 is 0 Å². The van der Waals surface area contributed by atoms with E-state index in [2.05, 4.69) is 229 Å². The molecular weight excluding hydrogens is 789 g/mol. The molecule has 0 spiro atoms. The second kappa shape index (κ2) is 13.3. The van der Waals surface area contributed by atoms with E-state index in [1.807, 2.05) is 0 Å². The number of fused-ring (bicyclic) bond motifs is 13. The number of aromatic nitrogens is 4. The molecule has 10 aromatic carbocycles. The fourth-order valence-electron chi connectivity index (χ4n) is 11.3. The van der Waals surface area contributed by atoms with Crippen LogP contribution in [0, 0.1) is 0 Å². The zero-order valence-corrected chi connectivity index (χ0v) is 35.9. The van der Waals surface area contributed by atoms with E-state index in [4.69, 9.17) is 9.97 Å². The summed E-state index contributed by atoms with van der Waals surface area (Å²) >= 11 is 0. The van der Waals surface area contributed by atoms with E-state index in [1.165, 1.54) is 81.9 Å². The summed E-state index contributed by atoms with van der Waals surface area (Å²) in [6.07, 6.45) is 0. The van der Waals surface area contributed by atoms with Crippen LogP contribution >= 0.6 is 0 Å². The van der Waals surface area contributed by atoms with Crippen molar-refractivity contribution in [3.8, 4) is 45.1 Å². The minimum Gasteiger partial charge on any atom is -0.309 e. The van der Waals surface area contributed by atoms with Gasteiger partial charge in [0.05, 0.1) is 33.3 Å². The maximum absolute atomic E-state index is 5.46. The molecule has 1 aliphatic carbocycles. The molecule has 0 amide bonds. The molecule has 4 nitrogen and oxygen atoms in total. The van der Waals surface area contributed by atoms with Crippen LogP contribution in [-0.2, 0) is 5.41 Å². The summed E-state index contributed by atoms with van der Waals surface area (Å²) < 4.78 is 4.92. The maximum Gasteiger partial charge on any atom is 0.160 e. The first-order valence-electron chi connectivity index (χ1n) is 22.5. The van der Waals surface area contributed by atoms with Crippen LogP contribution in [0.25, 0.3) is 121 Å². The predicted molar refractivity (Wildman–Crippen MR) is 272 cm³/mol. The maximum atomic E-state index is 5.46. The third-order valence-electron chi connectivity index (χ3n) is 14.3. The second-order valence-electron chi connectivity index (χ2n) is 18.1. The lowest BCUT2D eigenvalue weighted by Crippen LogP contribution is -2.16. The Bertz CT molecular complexity index is 4150. The summed E-state index contributed by atoms with van der Waals surface area (Å²) in [5.74, 6) is 0.750. The third kappa shape index (κ3) is 5.14. The number of nitrogens with zero attached hydrogens (tertiary/aromatic N) is 4. The molecule has 3 heterocycles. The van der Waals surface area contributed by atoms with Gasteiger partial charge in [0.1, 0.15) is 0 Å². The van der Waals surface area contributed by atoms with Crippen molar-refractivity contribution in [1.82, 2.24) is 19.1 Å². The fraction of sp³-hybridized carbons (Fsp3) is 0.0492. The van der Waals surface area contributed by atoms with Gasteiger partial charge >= 0.3 is 0 Å². The van der Waals surface area contributed by atoms with Gasteiger partial charge in [-0.05, 0) is 86.9 Å². The molecule has 0 saturated carbocycles. The van der Waals surface area contributed by atoms with E-state index in [9.17, 15) is 0 Å². The number of para-hydroxylation sites is 2. The minimum absolute atomic E-state index is 0.192. The lowest BCUT2D eigenvalue weighted by molar-refractivity contribution is 0.661. The van der Waals surface area contributed by atoms with Crippen LogP contribution in [0.2, 0.25) is 0 Å². The number of rotatable bonds is 4. The summed E-state index contributed by atoms with van der Waals surface area (Å²) in [6, 6.07) is 75.3. The Hall–Kier alpha value is -8.34. The largest absolute Gasteiger partial charge is 0.309 e. The highest BCUT2D eigenvalue weighted by Crippen LogP contribution is 2.52. The molecule has 0 unspecified atom stereocenters. The molecule has 0 N–H and O–H groups in total. The predicted octanol–water partition coefficient (Wildman–Crippen LogP) is 15.8. The average molecular weight is 829 g/mol. The van der Waals surface area contributed by atoms with Crippen LogP contribution in [0.4, 0.5) is 0 Å². The van der Waals surface area contributed by atoms with Crippen LogP contribution in [0.1, 0.15) is 25.0 Å². The van der Waals surface area contributed by atoms with Crippen molar-refractivity contribution in [3.05, 3.63) is 217 Å². The quantitative estimate of drug-likeness (QED) is 0.177. The first-order valence-corrected chi connectivity index (χ1v) is 22.5. The van der Waals surface area contributed by atoms with Crippen molar-refractivity contribution in [2.45, 2.75) is 19.3 Å². The molecule has 0 bridgehead atoms. The third-order valence-corrected chi connectivity index (χ3v) is 14.3. The minimum atomic E-state index is -0.192. The highest BCUT2D eigenvalue weighted by Gasteiger charge is 2.38. The first kappa shape index (κ1) is 36.2. The van der Waals surface area contributed by atoms with Crippen molar-refractivity contribution >= 4 is 76.1 Å². The van der Waals surface area contributed by atoms with Gasteiger partial charge in [-0.3, -0.25) is 0 Å². The Labute approximate surface area is 375 Å². The molecule has 4 heteroatoms. The molecule has 304 valence electrons. The molecule has 1 aliphatic rings. The molecule has 0 radical (unpaired) electrons. The van der Waals surface area contributed by atoms with E-state index >= 15 is 0 Å². The summed E-state index contributed by atoms with van der Waals surface area (Å²) in [7, 11) is 0. The zero-order chi connectivity index (χ0) is 43.0. The second-order valence-corrected chi connectivity index (χ2v) is 18.1. The molecule has 0 atom stereocenters. The first-order chi connectivity index (χ1) is 32.0. The van der Waals surface area contributed by atoms with E-state index in [1.54, 1.807) is 0 Å². The Morgan fingerprint density at radius 1 is 0.385 bits per heavy atom. The van der Waals surface area contributed by atoms with Crippen LogP contribution < -0.4 is 0 Å². The van der Waals surface area contributed by atoms with E-state index in [0.29, 0.717) is 0 Å². The summed E-state index contributed by atoms with van der Waals surface area (Å²) in [6.45, 7) is 4.65. The van der Waals surface area contributed by atoms with Gasteiger partial charge in [0.25, 0.3) is 0 Å². The van der Waals surface area contributed by atoms with Crippen molar-refractivity contribution in [1.29, 1.82) is 0 Å². The van der Waals surface area contributed by atoms with Crippen LogP contribution in [0.3, 0.4) is 0 Å². The van der Waals surface area contributed by atoms with Gasteiger partial charge in [0, 0.05) is 60.2 Å². The van der Waals surface area contributed by atoms with Crippen molar-refractivity contribution in [2.75, 3.05) is 0 Å². The Balaban J connectivity index is 0.974. The SMILES string of the molecule is CC1(C)c2ccccc2-c2cccc(-c3nc(-c4ccc(-n5c6cc(-n7c8ccccc8c8ccc9ccccc9c87)ccc6c6cc7ccccc7cc65)cc4)c4ccccc4n3)c21. The van der Waals surface area contributed by atoms with Gasteiger partial charge in [-0.1, -0.05) is 172 Å². The highest BCUT2D eigenvalue weighted by atomic mass is 15.0. The molecule has 65 heavy (non-hydrogen) atoms. The Morgan fingerprint density at radius 2 is 1.02 bits per heavy atom. The van der Waals surface area contributed by atoms with Crippen LogP contribution in [-0.4, -0.2) is 19.1 Å². The lowest BCUT2D eigenvalue weighted by atomic mass is 9.80. The number of benzene rings is 10. The van der Waals surface area contributed by atoms with Gasteiger partial charge in [-0.25, -0.2) is 9.97 Å². The summed E-state index contributed by atoms with van der Waals surface area (Å²) in [5, 5.41) is 10.9. The summed E-state index contributed by atoms with van der Waals surface area (Å²) in [5.41, 5.74) is 15.9. The molecule has 0 aliphatic heterocycles. The van der Waals surface area contributed by atoms with Crippen molar-refractivity contribution in [2.24, 2.45) is 0 Å². The lowest BCUT2D eigenvalue weighted by Gasteiger charge is -2.24. The Kier molecular flexibility index (Phi) is 7.42.